The maximum atomic E-state index is 12.2. The number of ether oxygens (including phenoxy) is 1. The van der Waals surface area contributed by atoms with Gasteiger partial charge in [-0.1, -0.05) is 42.5 Å². The molecular formula is C18H18N2O2S. The molecule has 3 rings (SSSR count). The average molecular weight is 326 g/mol. The molecule has 0 aromatic heterocycles. The van der Waals surface area contributed by atoms with Crippen LogP contribution in [0.25, 0.3) is 0 Å². The molecule has 0 radical (unpaired) electrons. The van der Waals surface area contributed by atoms with Gasteiger partial charge in [-0.15, -0.1) is 0 Å². The number of benzene rings is 2. The van der Waals surface area contributed by atoms with Crippen LogP contribution in [0.1, 0.15) is 18.4 Å². The fraction of sp³-hybridized carbons (Fsp3) is 0.222. The number of thiocarbonyl (C=S) groups is 1. The zero-order valence-electron chi connectivity index (χ0n) is 12.8. The first kappa shape index (κ1) is 15.5. The first-order valence-electron chi connectivity index (χ1n) is 7.58. The van der Waals surface area contributed by atoms with Crippen LogP contribution in [-0.4, -0.2) is 16.9 Å². The van der Waals surface area contributed by atoms with Crippen LogP contribution >= 0.6 is 12.2 Å². The number of rotatable bonds is 4. The largest absolute Gasteiger partial charge is 0.455 e. The Morgan fingerprint density at radius 3 is 2.43 bits per heavy atom. The second kappa shape index (κ2) is 6.79. The molecule has 2 aromatic carbocycles. The van der Waals surface area contributed by atoms with E-state index >= 15 is 0 Å². The van der Waals surface area contributed by atoms with Gasteiger partial charge in [0.2, 0.25) is 0 Å². The van der Waals surface area contributed by atoms with Crippen molar-refractivity contribution in [1.82, 2.24) is 5.32 Å². The monoisotopic (exact) mass is 326 g/mol. The summed E-state index contributed by atoms with van der Waals surface area (Å²) in [4.78, 5) is 12.4. The fourth-order valence-corrected chi connectivity index (χ4v) is 2.32. The molecule has 1 aliphatic carbocycles. The molecule has 0 bridgehead atoms. The van der Waals surface area contributed by atoms with Gasteiger partial charge in [-0.3, -0.25) is 4.79 Å². The quantitative estimate of drug-likeness (QED) is 0.839. The van der Waals surface area contributed by atoms with Crippen molar-refractivity contribution in [2.24, 2.45) is 0 Å². The van der Waals surface area contributed by atoms with Gasteiger partial charge in [-0.2, -0.15) is 0 Å². The molecule has 1 amide bonds. The van der Waals surface area contributed by atoms with E-state index in [4.69, 9.17) is 17.0 Å². The normalized spacial score (nSPS) is 13.3. The van der Waals surface area contributed by atoms with E-state index in [1.54, 1.807) is 6.07 Å². The number of hydrogen-bond donors (Lipinski definition) is 2. The highest BCUT2D eigenvalue weighted by Gasteiger charge is 2.24. The van der Waals surface area contributed by atoms with Gasteiger partial charge in [0.1, 0.15) is 5.75 Å². The number of anilines is 1. The van der Waals surface area contributed by atoms with Crippen LogP contribution in [0.15, 0.2) is 48.5 Å². The van der Waals surface area contributed by atoms with Crippen molar-refractivity contribution in [2.45, 2.75) is 25.8 Å². The highest BCUT2D eigenvalue weighted by molar-refractivity contribution is 7.82. The summed E-state index contributed by atoms with van der Waals surface area (Å²) in [6.45, 7) is 1.98. The third-order valence-corrected chi connectivity index (χ3v) is 3.87. The van der Waals surface area contributed by atoms with Crippen molar-refractivity contribution in [3.05, 3.63) is 54.1 Å². The zero-order valence-corrected chi connectivity index (χ0v) is 13.7. The smallest absolute Gasteiger partial charge is 0.283 e. The summed E-state index contributed by atoms with van der Waals surface area (Å²) < 4.78 is 5.94. The standard InChI is InChI=1S/C18H18N2O2S/c1-12-6-2-4-8-15(12)22-16-9-5-3-7-14(16)20-17(21)18(23)19-13-10-11-13/h2-9,13H,10-11H2,1H3,(H,19,23)(H,20,21). The molecule has 0 aliphatic heterocycles. The van der Waals surface area contributed by atoms with Crippen molar-refractivity contribution >= 4 is 28.8 Å². The Morgan fingerprint density at radius 2 is 1.74 bits per heavy atom. The number of amides is 1. The van der Waals surface area contributed by atoms with Crippen LogP contribution in [-0.2, 0) is 4.79 Å². The van der Waals surface area contributed by atoms with Crippen molar-refractivity contribution in [1.29, 1.82) is 0 Å². The molecule has 4 nitrogen and oxygen atoms in total. The molecular weight excluding hydrogens is 308 g/mol. The van der Waals surface area contributed by atoms with Crippen LogP contribution in [0, 0.1) is 6.92 Å². The Balaban J connectivity index is 1.73. The summed E-state index contributed by atoms with van der Waals surface area (Å²) in [6, 6.07) is 15.4. The van der Waals surface area contributed by atoms with Gasteiger partial charge in [0.05, 0.1) is 5.69 Å². The van der Waals surface area contributed by atoms with E-state index in [2.05, 4.69) is 10.6 Å². The third-order valence-electron chi connectivity index (χ3n) is 3.57. The highest BCUT2D eigenvalue weighted by atomic mass is 32.1. The number of para-hydroxylation sites is 3. The lowest BCUT2D eigenvalue weighted by atomic mass is 10.2. The summed E-state index contributed by atoms with van der Waals surface area (Å²) in [5.74, 6) is 1.03. The molecule has 2 aromatic rings. The second-order valence-corrected chi connectivity index (χ2v) is 5.97. The number of nitrogens with one attached hydrogen (secondary N) is 2. The molecule has 0 spiro atoms. The van der Waals surface area contributed by atoms with E-state index in [0.29, 0.717) is 17.5 Å². The molecule has 5 heteroatoms. The van der Waals surface area contributed by atoms with Crippen LogP contribution in [0.4, 0.5) is 5.69 Å². The van der Waals surface area contributed by atoms with Crippen LogP contribution < -0.4 is 15.4 Å². The zero-order chi connectivity index (χ0) is 16.2. The predicted octanol–water partition coefficient (Wildman–Crippen LogP) is 3.81. The van der Waals surface area contributed by atoms with Crippen LogP contribution in [0.3, 0.4) is 0 Å². The van der Waals surface area contributed by atoms with Gasteiger partial charge in [-0.05, 0) is 43.5 Å². The average Bonchev–Trinajstić information content (AvgIpc) is 3.35. The van der Waals surface area contributed by atoms with Crippen molar-refractivity contribution < 1.29 is 9.53 Å². The molecule has 23 heavy (non-hydrogen) atoms. The van der Waals surface area contributed by atoms with E-state index < -0.39 is 0 Å². The topological polar surface area (TPSA) is 50.4 Å². The lowest BCUT2D eigenvalue weighted by Gasteiger charge is -2.14. The van der Waals surface area contributed by atoms with E-state index in [-0.39, 0.29) is 10.9 Å². The number of carbonyl (C=O) groups is 1. The van der Waals surface area contributed by atoms with Crippen LogP contribution in [0.5, 0.6) is 11.5 Å². The molecule has 1 aliphatic rings. The lowest BCUT2D eigenvalue weighted by molar-refractivity contribution is -0.110. The first-order valence-corrected chi connectivity index (χ1v) is 7.98. The Bertz CT molecular complexity index is 741. The number of aryl methyl sites for hydroxylation is 1. The Hall–Kier alpha value is -2.40. The number of carbonyl (C=O) groups excluding carboxylic acids is 1. The van der Waals surface area contributed by atoms with E-state index in [0.717, 1.165) is 24.2 Å². The molecule has 0 heterocycles. The first-order chi connectivity index (χ1) is 11.1. The highest BCUT2D eigenvalue weighted by Crippen LogP contribution is 2.31. The third kappa shape index (κ3) is 4.07. The van der Waals surface area contributed by atoms with Gasteiger partial charge in [0.25, 0.3) is 5.91 Å². The number of hydrogen-bond acceptors (Lipinski definition) is 3. The Kier molecular flexibility index (Phi) is 4.57. The molecule has 0 atom stereocenters. The minimum atomic E-state index is -0.312. The Labute approximate surface area is 140 Å². The van der Waals surface area contributed by atoms with Crippen molar-refractivity contribution in [3.63, 3.8) is 0 Å². The van der Waals surface area contributed by atoms with Gasteiger partial charge in [0.15, 0.2) is 10.7 Å². The second-order valence-electron chi connectivity index (χ2n) is 5.57. The summed E-state index contributed by atoms with van der Waals surface area (Å²) >= 11 is 5.12. The molecule has 1 saturated carbocycles. The van der Waals surface area contributed by atoms with E-state index in [1.165, 1.54) is 0 Å². The van der Waals surface area contributed by atoms with Gasteiger partial charge >= 0.3 is 0 Å². The van der Waals surface area contributed by atoms with Crippen molar-refractivity contribution in [3.8, 4) is 11.5 Å². The molecule has 118 valence electrons. The summed E-state index contributed by atoms with van der Waals surface area (Å²) in [6.07, 6.45) is 2.14. The minimum absolute atomic E-state index is 0.221. The molecule has 2 N–H and O–H groups in total. The van der Waals surface area contributed by atoms with Gasteiger partial charge in [0, 0.05) is 6.04 Å². The fourth-order valence-electron chi connectivity index (χ4n) is 2.11. The summed E-state index contributed by atoms with van der Waals surface area (Å²) in [5, 5.41) is 5.85. The van der Waals surface area contributed by atoms with Crippen molar-refractivity contribution in [2.75, 3.05) is 5.32 Å². The SMILES string of the molecule is Cc1ccccc1Oc1ccccc1NC(=O)C(=S)NC1CC1. The van der Waals surface area contributed by atoms with E-state index in [1.807, 2.05) is 49.4 Å². The molecule has 0 saturated heterocycles. The van der Waals surface area contributed by atoms with E-state index in [9.17, 15) is 4.79 Å². The Morgan fingerprint density at radius 1 is 1.09 bits per heavy atom. The molecule has 1 fully saturated rings. The molecule has 0 unspecified atom stereocenters. The maximum absolute atomic E-state index is 12.2. The predicted molar refractivity (Wildman–Crippen MR) is 95.1 cm³/mol. The van der Waals surface area contributed by atoms with Gasteiger partial charge in [-0.25, -0.2) is 0 Å². The van der Waals surface area contributed by atoms with Crippen LogP contribution in [0.2, 0.25) is 0 Å². The summed E-state index contributed by atoms with van der Waals surface area (Å²) in [7, 11) is 0. The maximum Gasteiger partial charge on any atom is 0.283 e. The van der Waals surface area contributed by atoms with Gasteiger partial charge < -0.3 is 15.4 Å². The minimum Gasteiger partial charge on any atom is -0.455 e. The summed E-state index contributed by atoms with van der Waals surface area (Å²) in [5.41, 5.74) is 1.63. The lowest BCUT2D eigenvalue weighted by Crippen LogP contribution is -2.35.